The molecule has 1 saturated heterocycles. The molecule has 1 aliphatic heterocycles. The van der Waals surface area contributed by atoms with Gasteiger partial charge in [-0.1, -0.05) is 30.3 Å². The summed E-state index contributed by atoms with van der Waals surface area (Å²) in [5.41, 5.74) is 4.33. The van der Waals surface area contributed by atoms with Crippen molar-refractivity contribution in [3.63, 3.8) is 0 Å². The van der Waals surface area contributed by atoms with Crippen molar-refractivity contribution in [2.45, 2.75) is 33.4 Å². The van der Waals surface area contributed by atoms with E-state index in [1.165, 1.54) is 5.56 Å². The highest BCUT2D eigenvalue weighted by Crippen LogP contribution is 2.24. The zero-order valence-electron chi connectivity index (χ0n) is 18.4. The molecule has 7 heteroatoms. The Bertz CT molecular complexity index is 829. The number of aryl methyl sites for hydroxylation is 1. The van der Waals surface area contributed by atoms with Crippen LogP contribution in [0.1, 0.15) is 28.8 Å². The van der Waals surface area contributed by atoms with Gasteiger partial charge in [0.2, 0.25) is 0 Å². The van der Waals surface area contributed by atoms with Crippen molar-refractivity contribution >= 4 is 29.9 Å². The Hall–Kier alpha value is -1.87. The van der Waals surface area contributed by atoms with Crippen LogP contribution in [0.15, 0.2) is 41.5 Å². The molecule has 1 aliphatic rings. The molecule has 1 unspecified atom stereocenters. The van der Waals surface area contributed by atoms with Crippen LogP contribution < -0.4 is 10.1 Å². The molecular weight excluding hydrogens is 491 g/mol. The minimum Gasteiger partial charge on any atom is -0.496 e. The Balaban J connectivity index is 0.00000320. The lowest BCUT2D eigenvalue weighted by atomic mass is 10.1. The zero-order chi connectivity index (χ0) is 20.6. The number of pyridine rings is 1. The molecule has 0 aliphatic carbocycles. The monoisotopic (exact) mass is 524 g/mol. The number of halogens is 1. The summed E-state index contributed by atoms with van der Waals surface area (Å²) in [5, 5.41) is 3.46. The Kier molecular flexibility index (Phi) is 9.84. The summed E-state index contributed by atoms with van der Waals surface area (Å²) in [6.45, 7) is 8.08. The third-order valence-electron chi connectivity index (χ3n) is 5.43. The summed E-state index contributed by atoms with van der Waals surface area (Å²) in [5.74, 6) is 2.34. The maximum absolute atomic E-state index is 5.94. The van der Waals surface area contributed by atoms with Crippen molar-refractivity contribution in [2.24, 2.45) is 10.9 Å². The third kappa shape index (κ3) is 6.31. The number of aromatic nitrogens is 1. The normalized spacial score (nSPS) is 16.3. The molecule has 3 rings (SSSR count). The predicted molar refractivity (Wildman–Crippen MR) is 132 cm³/mol. The minimum atomic E-state index is 0. The molecular formula is C23H33IN4O2. The number of methoxy groups -OCH3 is 1. The average Bonchev–Trinajstić information content (AvgIpc) is 3.20. The van der Waals surface area contributed by atoms with Gasteiger partial charge in [-0.2, -0.15) is 0 Å². The smallest absolute Gasteiger partial charge is 0.193 e. The van der Waals surface area contributed by atoms with Crippen LogP contribution in [-0.4, -0.2) is 49.7 Å². The summed E-state index contributed by atoms with van der Waals surface area (Å²) in [4.78, 5) is 11.3. The molecule has 0 amide bonds. The summed E-state index contributed by atoms with van der Waals surface area (Å²) in [6.07, 6.45) is 2.98. The lowest BCUT2D eigenvalue weighted by molar-refractivity contribution is 0.0906. The van der Waals surface area contributed by atoms with Gasteiger partial charge < -0.3 is 19.7 Å². The fourth-order valence-corrected chi connectivity index (χ4v) is 3.82. The van der Waals surface area contributed by atoms with Crippen molar-refractivity contribution in [2.75, 3.05) is 33.9 Å². The Morgan fingerprint density at radius 1 is 1.27 bits per heavy atom. The van der Waals surface area contributed by atoms with Crippen LogP contribution in [0.25, 0.3) is 0 Å². The second-order valence-corrected chi connectivity index (χ2v) is 7.55. The highest BCUT2D eigenvalue weighted by atomic mass is 127. The van der Waals surface area contributed by atoms with E-state index in [-0.39, 0.29) is 24.0 Å². The second-order valence-electron chi connectivity index (χ2n) is 7.55. The van der Waals surface area contributed by atoms with E-state index in [0.29, 0.717) is 19.1 Å². The largest absolute Gasteiger partial charge is 0.496 e. The number of hydrogen-bond acceptors (Lipinski definition) is 4. The van der Waals surface area contributed by atoms with E-state index in [1.807, 2.05) is 38.4 Å². The summed E-state index contributed by atoms with van der Waals surface area (Å²) in [7, 11) is 3.54. The van der Waals surface area contributed by atoms with Crippen LogP contribution in [0.5, 0.6) is 5.75 Å². The van der Waals surface area contributed by atoms with Gasteiger partial charge in [-0.25, -0.2) is 0 Å². The minimum absolute atomic E-state index is 0. The molecule has 1 aromatic heterocycles. The molecule has 0 bridgehead atoms. The fraction of sp³-hybridized carbons (Fsp3) is 0.478. The van der Waals surface area contributed by atoms with Gasteiger partial charge in [-0.3, -0.25) is 9.98 Å². The number of guanidine groups is 1. The highest BCUT2D eigenvalue weighted by Gasteiger charge is 2.25. The maximum Gasteiger partial charge on any atom is 0.193 e. The first-order chi connectivity index (χ1) is 14.1. The molecule has 2 heterocycles. The van der Waals surface area contributed by atoms with E-state index in [4.69, 9.17) is 9.47 Å². The topological polar surface area (TPSA) is 59.0 Å². The second kappa shape index (κ2) is 12.1. The van der Waals surface area contributed by atoms with Crippen molar-refractivity contribution < 1.29 is 9.47 Å². The van der Waals surface area contributed by atoms with E-state index in [2.05, 4.69) is 39.2 Å². The number of benzene rings is 1. The first-order valence-electron chi connectivity index (χ1n) is 10.2. The van der Waals surface area contributed by atoms with Gasteiger partial charge in [0, 0.05) is 43.4 Å². The molecule has 0 radical (unpaired) electrons. The molecule has 0 saturated carbocycles. The first-order valence-corrected chi connectivity index (χ1v) is 10.2. The number of rotatable bonds is 7. The number of likely N-dealkylation sites (tertiary alicyclic amines) is 1. The van der Waals surface area contributed by atoms with Crippen LogP contribution in [0.3, 0.4) is 0 Å². The number of nitrogens with one attached hydrogen (secondary N) is 1. The summed E-state index contributed by atoms with van der Waals surface area (Å²) >= 11 is 0. The standard InChI is InChI=1S/C23H32N4O2.HI/c1-17-12-25-21(18(2)22(17)28-4)13-26-23(24-3)27-11-10-20(14-27)16-29-15-19-8-6-5-7-9-19;/h5-9,12,20H,10-11,13-16H2,1-4H3,(H,24,26);1H. The predicted octanol–water partition coefficient (Wildman–Crippen LogP) is 3.94. The molecule has 164 valence electrons. The zero-order valence-corrected chi connectivity index (χ0v) is 20.7. The number of hydrogen-bond donors (Lipinski definition) is 1. The third-order valence-corrected chi connectivity index (χ3v) is 5.43. The fourth-order valence-electron chi connectivity index (χ4n) is 3.82. The highest BCUT2D eigenvalue weighted by molar-refractivity contribution is 14.0. The van der Waals surface area contributed by atoms with E-state index in [9.17, 15) is 0 Å². The molecule has 6 nitrogen and oxygen atoms in total. The van der Waals surface area contributed by atoms with Gasteiger partial charge >= 0.3 is 0 Å². The quantitative estimate of drug-likeness (QED) is 0.338. The molecule has 1 aromatic carbocycles. The van der Waals surface area contributed by atoms with Crippen molar-refractivity contribution in [1.82, 2.24) is 15.2 Å². The van der Waals surface area contributed by atoms with Crippen LogP contribution >= 0.6 is 24.0 Å². The molecule has 1 atom stereocenters. The van der Waals surface area contributed by atoms with Crippen molar-refractivity contribution in [3.05, 3.63) is 58.9 Å². The Morgan fingerprint density at radius 3 is 2.73 bits per heavy atom. The van der Waals surface area contributed by atoms with Crippen LogP contribution in [0, 0.1) is 19.8 Å². The van der Waals surface area contributed by atoms with E-state index in [1.54, 1.807) is 7.11 Å². The molecule has 0 spiro atoms. The first kappa shape index (κ1) is 24.4. The van der Waals surface area contributed by atoms with Gasteiger partial charge in [-0.05, 0) is 25.8 Å². The lowest BCUT2D eigenvalue weighted by Gasteiger charge is -2.22. The van der Waals surface area contributed by atoms with Crippen LogP contribution in [0.2, 0.25) is 0 Å². The van der Waals surface area contributed by atoms with E-state index in [0.717, 1.165) is 54.6 Å². The number of ether oxygens (including phenoxy) is 2. The van der Waals surface area contributed by atoms with Gasteiger partial charge in [0.05, 0.1) is 32.6 Å². The summed E-state index contributed by atoms with van der Waals surface area (Å²) in [6, 6.07) is 10.3. The van der Waals surface area contributed by atoms with E-state index < -0.39 is 0 Å². The van der Waals surface area contributed by atoms with Gasteiger partial charge in [0.25, 0.3) is 0 Å². The van der Waals surface area contributed by atoms with Crippen molar-refractivity contribution in [1.29, 1.82) is 0 Å². The Labute approximate surface area is 197 Å². The molecule has 1 fully saturated rings. The Morgan fingerprint density at radius 2 is 2.03 bits per heavy atom. The summed E-state index contributed by atoms with van der Waals surface area (Å²) < 4.78 is 11.4. The number of aliphatic imine (C=N–C) groups is 1. The number of nitrogens with zero attached hydrogens (tertiary/aromatic N) is 3. The van der Waals surface area contributed by atoms with Gasteiger partial charge in [0.1, 0.15) is 5.75 Å². The maximum atomic E-state index is 5.94. The van der Waals surface area contributed by atoms with Gasteiger partial charge in [0.15, 0.2) is 5.96 Å². The van der Waals surface area contributed by atoms with Crippen molar-refractivity contribution in [3.8, 4) is 5.75 Å². The van der Waals surface area contributed by atoms with Crippen LogP contribution in [-0.2, 0) is 17.9 Å². The van der Waals surface area contributed by atoms with Gasteiger partial charge in [-0.15, -0.1) is 24.0 Å². The molecule has 2 aromatic rings. The molecule has 1 N–H and O–H groups in total. The van der Waals surface area contributed by atoms with Crippen LogP contribution in [0.4, 0.5) is 0 Å². The lowest BCUT2D eigenvalue weighted by Crippen LogP contribution is -2.40. The molecule has 30 heavy (non-hydrogen) atoms. The SMILES string of the molecule is CN=C(NCc1ncc(C)c(OC)c1C)N1CCC(COCc2ccccc2)C1.I. The van der Waals surface area contributed by atoms with E-state index >= 15 is 0 Å². The average molecular weight is 524 g/mol.